The molecular formula is C17H14BrN3O3S. The van der Waals surface area contributed by atoms with E-state index in [1.165, 1.54) is 17.7 Å². The van der Waals surface area contributed by atoms with Gasteiger partial charge in [-0.15, -0.1) is 0 Å². The number of carbonyl (C=O) groups is 1. The molecular weight excluding hydrogens is 406 g/mol. The Morgan fingerprint density at radius 1 is 1.40 bits per heavy atom. The van der Waals surface area contributed by atoms with Crippen LogP contribution in [-0.2, 0) is 11.3 Å². The number of ether oxygens (including phenoxy) is 1. The van der Waals surface area contributed by atoms with Crippen LogP contribution in [0, 0.1) is 11.7 Å². The fourth-order valence-electron chi connectivity index (χ4n) is 2.61. The number of nitrogens with one attached hydrogen (secondary N) is 1. The van der Waals surface area contributed by atoms with E-state index in [2.05, 4.69) is 25.9 Å². The number of aryl methyl sites for hydroxylation is 1. The van der Waals surface area contributed by atoms with Gasteiger partial charge in [-0.1, -0.05) is 28.1 Å². The van der Waals surface area contributed by atoms with Gasteiger partial charge in [0, 0.05) is 10.2 Å². The van der Waals surface area contributed by atoms with Gasteiger partial charge in [-0.3, -0.25) is 9.36 Å². The third-order valence-electron chi connectivity index (χ3n) is 3.71. The number of rotatable bonds is 3. The lowest BCUT2D eigenvalue weighted by Gasteiger charge is -2.11. The number of nitrogens with zero attached hydrogens (tertiary/aromatic N) is 2. The molecule has 0 amide bonds. The molecule has 0 atom stereocenters. The molecule has 25 heavy (non-hydrogen) atoms. The number of hydrogen-bond donors (Lipinski definition) is 1. The number of aromatic nitrogens is 3. The van der Waals surface area contributed by atoms with Crippen molar-refractivity contribution in [1.82, 2.24) is 14.5 Å². The van der Waals surface area contributed by atoms with Crippen LogP contribution in [0.2, 0.25) is 0 Å². The summed E-state index contributed by atoms with van der Waals surface area (Å²) in [7, 11) is 1.27. The number of carbonyl (C=O) groups excluding carboxylic acids is 1. The van der Waals surface area contributed by atoms with Crippen molar-refractivity contribution in [3.63, 3.8) is 0 Å². The molecule has 0 unspecified atom stereocenters. The van der Waals surface area contributed by atoms with E-state index >= 15 is 0 Å². The van der Waals surface area contributed by atoms with Gasteiger partial charge in [0.15, 0.2) is 4.77 Å². The quantitative estimate of drug-likeness (QED) is 0.520. The molecule has 0 aliphatic rings. The average Bonchev–Trinajstić information content (AvgIpc) is 2.57. The summed E-state index contributed by atoms with van der Waals surface area (Å²) in [6.45, 7) is 2.01. The van der Waals surface area contributed by atoms with E-state index in [-0.39, 0.29) is 33.5 Å². The average molecular weight is 420 g/mol. The largest absolute Gasteiger partial charge is 0.465 e. The third-order valence-corrected chi connectivity index (χ3v) is 4.53. The van der Waals surface area contributed by atoms with Gasteiger partial charge in [-0.2, -0.15) is 0 Å². The van der Waals surface area contributed by atoms with Crippen LogP contribution >= 0.6 is 28.1 Å². The van der Waals surface area contributed by atoms with E-state index < -0.39 is 5.97 Å². The van der Waals surface area contributed by atoms with Gasteiger partial charge in [0.05, 0.1) is 24.6 Å². The van der Waals surface area contributed by atoms with Crippen molar-refractivity contribution in [2.75, 3.05) is 7.11 Å². The zero-order valence-electron chi connectivity index (χ0n) is 13.5. The number of methoxy groups -OCH3 is 1. The number of fused-ring (bicyclic) bond motifs is 1. The zero-order chi connectivity index (χ0) is 18.1. The minimum absolute atomic E-state index is 0.168. The summed E-state index contributed by atoms with van der Waals surface area (Å²) in [6, 6.07) is 9.11. The summed E-state index contributed by atoms with van der Waals surface area (Å²) in [5.41, 5.74) is 1.55. The monoisotopic (exact) mass is 419 g/mol. The maximum atomic E-state index is 13.0. The van der Waals surface area contributed by atoms with Crippen molar-refractivity contribution < 1.29 is 9.53 Å². The van der Waals surface area contributed by atoms with Crippen LogP contribution in [0.3, 0.4) is 0 Å². The van der Waals surface area contributed by atoms with Crippen molar-refractivity contribution in [3.05, 3.63) is 66.8 Å². The number of pyridine rings is 1. The van der Waals surface area contributed by atoms with Crippen LogP contribution in [0.1, 0.15) is 21.6 Å². The van der Waals surface area contributed by atoms with E-state index in [0.29, 0.717) is 5.69 Å². The zero-order valence-corrected chi connectivity index (χ0v) is 15.9. The molecule has 1 N–H and O–H groups in total. The van der Waals surface area contributed by atoms with Crippen molar-refractivity contribution >= 4 is 45.2 Å². The first-order valence-electron chi connectivity index (χ1n) is 7.38. The number of hydrogen-bond acceptors (Lipinski definition) is 5. The Morgan fingerprint density at radius 3 is 2.84 bits per heavy atom. The predicted molar refractivity (Wildman–Crippen MR) is 101 cm³/mol. The van der Waals surface area contributed by atoms with Crippen LogP contribution in [0.15, 0.2) is 39.6 Å². The molecule has 0 radical (unpaired) electrons. The number of esters is 1. The number of benzene rings is 1. The van der Waals surface area contributed by atoms with Crippen LogP contribution in [0.5, 0.6) is 0 Å². The van der Waals surface area contributed by atoms with Crippen LogP contribution in [0.4, 0.5) is 0 Å². The van der Waals surface area contributed by atoms with Crippen molar-refractivity contribution in [2.45, 2.75) is 13.5 Å². The molecule has 0 aliphatic heterocycles. The van der Waals surface area contributed by atoms with Gasteiger partial charge >= 0.3 is 5.97 Å². The predicted octanol–water partition coefficient (Wildman–Crippen LogP) is 3.36. The first-order valence-corrected chi connectivity index (χ1v) is 8.58. The molecule has 128 valence electrons. The smallest absolute Gasteiger partial charge is 0.338 e. The first-order chi connectivity index (χ1) is 11.9. The second kappa shape index (κ2) is 6.89. The van der Waals surface area contributed by atoms with Crippen molar-refractivity contribution in [1.29, 1.82) is 0 Å². The molecule has 3 aromatic rings. The Kier molecular flexibility index (Phi) is 4.82. The van der Waals surface area contributed by atoms with E-state index in [1.807, 2.05) is 24.3 Å². The maximum Gasteiger partial charge on any atom is 0.338 e. The highest BCUT2D eigenvalue weighted by Gasteiger charge is 2.18. The number of aromatic amines is 1. The molecule has 6 nitrogen and oxygen atoms in total. The van der Waals surface area contributed by atoms with Crippen LogP contribution < -0.4 is 5.56 Å². The Hall–Kier alpha value is -2.32. The lowest BCUT2D eigenvalue weighted by molar-refractivity contribution is 0.0602. The van der Waals surface area contributed by atoms with E-state index in [9.17, 15) is 9.59 Å². The fourth-order valence-corrected chi connectivity index (χ4v) is 3.30. The SMILES string of the molecule is COC(=O)c1cc(C)nc2[nH]c(=S)n(Cc3cccc(Br)c3)c(=O)c12. The van der Waals surface area contributed by atoms with Gasteiger partial charge in [-0.05, 0) is 42.9 Å². The second-order valence-corrected chi connectivity index (χ2v) is 6.78. The molecule has 0 spiro atoms. The van der Waals surface area contributed by atoms with Crippen LogP contribution in [0.25, 0.3) is 11.0 Å². The molecule has 8 heteroatoms. The number of H-pyrrole nitrogens is 1. The second-order valence-electron chi connectivity index (χ2n) is 5.48. The summed E-state index contributed by atoms with van der Waals surface area (Å²) in [4.78, 5) is 32.3. The van der Waals surface area contributed by atoms with E-state index in [4.69, 9.17) is 17.0 Å². The molecule has 0 saturated carbocycles. The molecule has 0 aliphatic carbocycles. The van der Waals surface area contributed by atoms with Crippen molar-refractivity contribution in [3.8, 4) is 0 Å². The molecule has 0 fully saturated rings. The molecule has 0 bridgehead atoms. The highest BCUT2D eigenvalue weighted by Crippen LogP contribution is 2.16. The lowest BCUT2D eigenvalue weighted by atomic mass is 10.1. The Labute approximate surface area is 156 Å². The summed E-state index contributed by atoms with van der Waals surface area (Å²) >= 11 is 8.73. The van der Waals surface area contributed by atoms with Crippen molar-refractivity contribution in [2.24, 2.45) is 0 Å². The topological polar surface area (TPSA) is 77.0 Å². The minimum Gasteiger partial charge on any atom is -0.465 e. The Bertz CT molecular complexity index is 1100. The third kappa shape index (κ3) is 3.40. The lowest BCUT2D eigenvalue weighted by Crippen LogP contribution is -2.25. The van der Waals surface area contributed by atoms with Gasteiger partial charge in [-0.25, -0.2) is 9.78 Å². The molecule has 0 saturated heterocycles. The van der Waals surface area contributed by atoms with Gasteiger partial charge in [0.1, 0.15) is 5.65 Å². The highest BCUT2D eigenvalue weighted by molar-refractivity contribution is 9.10. The molecule has 2 heterocycles. The van der Waals surface area contributed by atoms with Crippen LogP contribution in [-0.4, -0.2) is 27.6 Å². The van der Waals surface area contributed by atoms with Gasteiger partial charge in [0.25, 0.3) is 5.56 Å². The Morgan fingerprint density at radius 2 is 2.16 bits per heavy atom. The summed E-state index contributed by atoms with van der Waals surface area (Å²) in [5, 5.41) is 0.168. The molecule has 1 aromatic carbocycles. The maximum absolute atomic E-state index is 13.0. The summed E-state index contributed by atoms with van der Waals surface area (Å²) < 4.78 is 7.35. The van der Waals surface area contributed by atoms with E-state index in [0.717, 1.165) is 10.0 Å². The Balaban J connectivity index is 2.27. The summed E-state index contributed by atoms with van der Waals surface area (Å²) in [5.74, 6) is -0.591. The number of halogens is 1. The minimum atomic E-state index is -0.591. The van der Waals surface area contributed by atoms with E-state index in [1.54, 1.807) is 6.92 Å². The standard InChI is InChI=1S/C17H14BrN3O3S/c1-9-6-12(16(23)24-2)13-14(19-9)20-17(25)21(15(13)22)8-10-4-3-5-11(18)7-10/h3-7H,8H2,1-2H3,(H,19,20,25). The normalized spacial score (nSPS) is 10.8. The fraction of sp³-hybridized carbons (Fsp3) is 0.176. The molecule has 3 rings (SSSR count). The van der Waals surface area contributed by atoms with Gasteiger partial charge < -0.3 is 9.72 Å². The summed E-state index contributed by atoms with van der Waals surface area (Å²) in [6.07, 6.45) is 0. The highest BCUT2D eigenvalue weighted by atomic mass is 79.9. The van der Waals surface area contributed by atoms with Gasteiger partial charge in [0.2, 0.25) is 0 Å². The molecule has 2 aromatic heterocycles. The first kappa shape index (κ1) is 17.5.